The molecule has 1 amide bonds. The minimum atomic E-state index is -0.648. The normalized spacial score (nSPS) is 16.0. The Morgan fingerprint density at radius 1 is 1.07 bits per heavy atom. The van der Waals surface area contributed by atoms with Crippen LogP contribution in [-0.4, -0.2) is 22.8 Å². The van der Waals surface area contributed by atoms with Crippen LogP contribution in [-0.2, 0) is 18.6 Å². The van der Waals surface area contributed by atoms with Crippen molar-refractivity contribution in [3.63, 3.8) is 0 Å². The average molecular weight is 417 g/mol. The van der Waals surface area contributed by atoms with E-state index < -0.39 is 11.6 Å². The van der Waals surface area contributed by atoms with E-state index in [-0.39, 0.29) is 5.91 Å². The number of halogens is 2. The number of hydrogen-bond acceptors (Lipinski definition) is 3. The Bertz CT molecular complexity index is 1060. The number of thiophene rings is 1. The second kappa shape index (κ2) is 7.04. The number of nitrogens with zero attached hydrogens (tertiary/aromatic N) is 2. The van der Waals surface area contributed by atoms with E-state index in [4.69, 9.17) is 0 Å². The molecule has 0 atom stereocenters. The molecule has 7 heteroatoms. The van der Waals surface area contributed by atoms with Crippen molar-refractivity contribution in [2.24, 2.45) is 0 Å². The highest BCUT2D eigenvalue weighted by Crippen LogP contribution is 2.40. The van der Waals surface area contributed by atoms with Gasteiger partial charge in [-0.15, -0.1) is 11.3 Å². The molecule has 0 spiro atoms. The van der Waals surface area contributed by atoms with Crippen LogP contribution in [0.5, 0.6) is 0 Å². The monoisotopic (exact) mass is 416 g/mol. The van der Waals surface area contributed by atoms with E-state index in [0.717, 1.165) is 34.6 Å². The summed E-state index contributed by atoms with van der Waals surface area (Å²) in [7, 11) is 0. The average Bonchev–Trinajstić information content (AvgIpc) is 3.34. The molecule has 5 rings (SSSR count). The first-order valence-electron chi connectivity index (χ1n) is 9.29. The summed E-state index contributed by atoms with van der Waals surface area (Å²) in [5, 5.41) is 0.895. The Kier molecular flexibility index (Phi) is 4.51. The van der Waals surface area contributed by atoms with E-state index >= 15 is 0 Å². The molecule has 2 aliphatic heterocycles. The molecule has 0 fully saturated rings. The third-order valence-electron chi connectivity index (χ3n) is 5.34. The molecule has 3 nitrogen and oxygen atoms in total. The van der Waals surface area contributed by atoms with Gasteiger partial charge in [-0.2, -0.15) is 11.8 Å². The van der Waals surface area contributed by atoms with Crippen LogP contribution < -0.4 is 4.90 Å². The summed E-state index contributed by atoms with van der Waals surface area (Å²) < 4.78 is 30.2. The molecule has 0 radical (unpaired) electrons. The van der Waals surface area contributed by atoms with Gasteiger partial charge >= 0.3 is 0 Å². The highest BCUT2D eigenvalue weighted by molar-refractivity contribution is 7.98. The number of amides is 1. The van der Waals surface area contributed by atoms with Crippen molar-refractivity contribution in [2.45, 2.75) is 25.0 Å². The minimum Gasteiger partial charge on any atom is -0.315 e. The highest BCUT2D eigenvalue weighted by Gasteiger charge is 2.32. The van der Waals surface area contributed by atoms with Gasteiger partial charge < -0.3 is 9.47 Å². The van der Waals surface area contributed by atoms with Crippen molar-refractivity contribution in [3.8, 4) is 5.00 Å². The summed E-state index contributed by atoms with van der Waals surface area (Å²) in [4.78, 5) is 16.5. The molecule has 1 aromatic carbocycles. The fourth-order valence-corrected chi connectivity index (χ4v) is 6.49. The number of carbonyl (C=O) groups is 1. The summed E-state index contributed by atoms with van der Waals surface area (Å²) in [5.41, 5.74) is 2.59. The van der Waals surface area contributed by atoms with E-state index in [1.165, 1.54) is 10.9 Å². The molecule has 2 aliphatic rings. The highest BCUT2D eigenvalue weighted by atomic mass is 32.2. The lowest BCUT2D eigenvalue weighted by Crippen LogP contribution is -2.37. The summed E-state index contributed by atoms with van der Waals surface area (Å²) in [5.74, 6) is 0.516. The Hall–Kier alpha value is -2.12. The van der Waals surface area contributed by atoms with E-state index in [2.05, 4.69) is 0 Å². The predicted octanol–water partition coefficient (Wildman–Crippen LogP) is 5.20. The van der Waals surface area contributed by atoms with Crippen molar-refractivity contribution in [1.82, 2.24) is 4.57 Å². The molecule has 0 unspecified atom stereocenters. The number of hydrogen-bond donors (Lipinski definition) is 0. The van der Waals surface area contributed by atoms with E-state index in [1.807, 2.05) is 40.9 Å². The molecular formula is C21H18F2N2OS2. The lowest BCUT2D eigenvalue weighted by atomic mass is 9.98. The molecular weight excluding hydrogens is 398 g/mol. The molecule has 0 bridgehead atoms. The van der Waals surface area contributed by atoms with Crippen molar-refractivity contribution in [3.05, 3.63) is 69.9 Å². The molecule has 0 N–H and O–H groups in total. The number of anilines is 1. The standard InChI is InChI=1S/C21H18F2N2OS2/c22-13-10-16(23)14-4-3-8-25(17(14)11-13)20(26)19-15-5-9-27-12-18(15)28-21(19)24-6-1-2-7-24/h1-2,6-7,10-11H,3-5,8-9,12H2. The van der Waals surface area contributed by atoms with Crippen LogP contribution >= 0.6 is 23.1 Å². The van der Waals surface area contributed by atoms with Crippen LogP contribution in [0.1, 0.15) is 32.8 Å². The van der Waals surface area contributed by atoms with Gasteiger partial charge in [-0.05, 0) is 48.8 Å². The van der Waals surface area contributed by atoms with Gasteiger partial charge in [0.25, 0.3) is 5.91 Å². The Morgan fingerprint density at radius 2 is 1.89 bits per heavy atom. The van der Waals surface area contributed by atoms with Gasteiger partial charge in [0.2, 0.25) is 0 Å². The number of fused-ring (bicyclic) bond motifs is 2. The van der Waals surface area contributed by atoms with Crippen molar-refractivity contribution >= 4 is 34.7 Å². The zero-order valence-corrected chi connectivity index (χ0v) is 16.7. The van der Waals surface area contributed by atoms with E-state index in [0.29, 0.717) is 36.2 Å². The molecule has 0 saturated heterocycles. The number of carbonyl (C=O) groups excluding carboxylic acids is 1. The van der Waals surface area contributed by atoms with Crippen LogP contribution in [0, 0.1) is 11.6 Å². The summed E-state index contributed by atoms with van der Waals surface area (Å²) in [6.45, 7) is 0.471. The lowest BCUT2D eigenvalue weighted by Gasteiger charge is -2.30. The minimum absolute atomic E-state index is 0.154. The molecule has 2 aromatic heterocycles. The van der Waals surface area contributed by atoms with Gasteiger partial charge in [-0.25, -0.2) is 8.78 Å². The summed E-state index contributed by atoms with van der Waals surface area (Å²) >= 11 is 3.52. The van der Waals surface area contributed by atoms with Crippen molar-refractivity contribution < 1.29 is 13.6 Å². The quantitative estimate of drug-likeness (QED) is 0.574. The van der Waals surface area contributed by atoms with E-state index in [1.54, 1.807) is 16.2 Å². The van der Waals surface area contributed by atoms with Gasteiger partial charge in [0.05, 0.1) is 11.3 Å². The van der Waals surface area contributed by atoms with Crippen LogP contribution in [0.3, 0.4) is 0 Å². The fourth-order valence-electron chi connectivity index (χ4n) is 4.05. The number of benzene rings is 1. The lowest BCUT2D eigenvalue weighted by molar-refractivity contribution is 0.0984. The van der Waals surface area contributed by atoms with Crippen LogP contribution in [0.4, 0.5) is 14.5 Å². The van der Waals surface area contributed by atoms with Crippen molar-refractivity contribution in [1.29, 1.82) is 0 Å². The zero-order chi connectivity index (χ0) is 19.3. The first kappa shape index (κ1) is 17.9. The maximum atomic E-state index is 14.3. The van der Waals surface area contributed by atoms with E-state index in [9.17, 15) is 13.6 Å². The number of rotatable bonds is 2. The van der Waals surface area contributed by atoms with Gasteiger partial charge in [0.15, 0.2) is 0 Å². The largest absolute Gasteiger partial charge is 0.315 e. The van der Waals surface area contributed by atoms with Crippen LogP contribution in [0.2, 0.25) is 0 Å². The molecule has 28 heavy (non-hydrogen) atoms. The SMILES string of the molecule is O=C(c1c(-n2cccc2)sc2c1CCSC2)N1CCCc2c(F)cc(F)cc21. The van der Waals surface area contributed by atoms with Crippen LogP contribution in [0.25, 0.3) is 5.00 Å². The predicted molar refractivity (Wildman–Crippen MR) is 110 cm³/mol. The second-order valence-corrected chi connectivity index (χ2v) is 9.21. The zero-order valence-electron chi connectivity index (χ0n) is 15.1. The van der Waals surface area contributed by atoms with Gasteiger partial charge in [-0.1, -0.05) is 0 Å². The Morgan fingerprint density at radius 3 is 2.71 bits per heavy atom. The molecule has 0 aliphatic carbocycles. The molecule has 4 heterocycles. The van der Waals surface area contributed by atoms with Gasteiger partial charge in [0.1, 0.15) is 16.6 Å². The van der Waals surface area contributed by atoms with Crippen molar-refractivity contribution in [2.75, 3.05) is 17.2 Å². The smallest absolute Gasteiger partial charge is 0.261 e. The van der Waals surface area contributed by atoms with Gasteiger partial charge in [-0.3, -0.25) is 4.79 Å². The number of aromatic nitrogens is 1. The molecule has 3 aromatic rings. The summed E-state index contributed by atoms with van der Waals surface area (Å²) in [6.07, 6.45) is 5.91. The first-order chi connectivity index (χ1) is 13.6. The maximum Gasteiger partial charge on any atom is 0.261 e. The Labute approximate surface area is 170 Å². The first-order valence-corrected chi connectivity index (χ1v) is 11.3. The fraction of sp³-hybridized carbons (Fsp3) is 0.286. The van der Waals surface area contributed by atoms with Crippen LogP contribution in [0.15, 0.2) is 36.7 Å². The van der Waals surface area contributed by atoms with Gasteiger partial charge in [0, 0.05) is 41.2 Å². The maximum absolute atomic E-state index is 14.3. The second-order valence-electron chi connectivity index (χ2n) is 7.02. The molecule has 0 saturated carbocycles. The number of thioether (sulfide) groups is 1. The summed E-state index contributed by atoms with van der Waals surface area (Å²) in [6, 6.07) is 6.06. The third-order valence-corrected chi connectivity index (χ3v) is 7.75. The topological polar surface area (TPSA) is 25.2 Å². The third kappa shape index (κ3) is 2.88. The molecule has 144 valence electrons. The Balaban J connectivity index is 1.65.